The summed E-state index contributed by atoms with van der Waals surface area (Å²) in [7, 11) is -3.55. The zero-order valence-corrected chi connectivity index (χ0v) is 12.1. The van der Waals surface area contributed by atoms with Gasteiger partial charge in [0.1, 0.15) is 0 Å². The van der Waals surface area contributed by atoms with Crippen molar-refractivity contribution in [3.63, 3.8) is 0 Å². The van der Waals surface area contributed by atoms with Crippen molar-refractivity contribution in [2.24, 2.45) is 0 Å². The van der Waals surface area contributed by atoms with E-state index in [0.29, 0.717) is 11.1 Å². The normalized spacial score (nSPS) is 12.8. The van der Waals surface area contributed by atoms with Gasteiger partial charge in [0, 0.05) is 16.6 Å². The molecule has 0 atom stereocenters. The quantitative estimate of drug-likeness (QED) is 0.829. The number of hydrogen-bond donors (Lipinski definition) is 2. The van der Waals surface area contributed by atoms with Crippen LogP contribution in [0.15, 0.2) is 41.3 Å². The molecule has 5 heteroatoms. The summed E-state index contributed by atoms with van der Waals surface area (Å²) in [5, 5.41) is 1.49. The highest BCUT2D eigenvalue weighted by atomic mass is 32.2. The van der Waals surface area contributed by atoms with E-state index >= 15 is 0 Å². The van der Waals surface area contributed by atoms with Crippen LogP contribution in [0.2, 0.25) is 0 Å². The summed E-state index contributed by atoms with van der Waals surface area (Å²) in [6, 6.07) is 10.4. The summed E-state index contributed by atoms with van der Waals surface area (Å²) in [6.07, 6.45) is 0. The molecular formula is C14H18N2O2S. The fraction of sp³-hybridized carbons (Fsp3) is 0.286. The predicted octanol–water partition coefficient (Wildman–Crippen LogP) is 2.50. The summed E-state index contributed by atoms with van der Waals surface area (Å²) in [5.41, 5.74) is 5.82. The summed E-state index contributed by atoms with van der Waals surface area (Å²) >= 11 is 0. The van der Waals surface area contributed by atoms with E-state index in [9.17, 15) is 8.42 Å². The van der Waals surface area contributed by atoms with E-state index in [-0.39, 0.29) is 4.90 Å². The smallest absolute Gasteiger partial charge is 0.241 e. The summed E-state index contributed by atoms with van der Waals surface area (Å²) in [6.45, 7) is 5.44. The van der Waals surface area contributed by atoms with Gasteiger partial charge in [0.15, 0.2) is 0 Å². The van der Waals surface area contributed by atoms with Crippen LogP contribution in [0.5, 0.6) is 0 Å². The van der Waals surface area contributed by atoms with E-state index in [1.807, 2.05) is 26.8 Å². The summed E-state index contributed by atoms with van der Waals surface area (Å²) in [4.78, 5) is 0.278. The number of fused-ring (bicyclic) bond motifs is 1. The molecule has 0 heterocycles. The maximum Gasteiger partial charge on any atom is 0.241 e. The van der Waals surface area contributed by atoms with E-state index in [1.165, 1.54) is 0 Å². The first-order chi connectivity index (χ1) is 8.69. The molecule has 3 N–H and O–H groups in total. The van der Waals surface area contributed by atoms with Crippen molar-refractivity contribution in [2.45, 2.75) is 31.2 Å². The average molecular weight is 278 g/mol. The predicted molar refractivity (Wildman–Crippen MR) is 78.4 cm³/mol. The van der Waals surface area contributed by atoms with Crippen LogP contribution < -0.4 is 10.5 Å². The van der Waals surface area contributed by atoms with Gasteiger partial charge in [0.25, 0.3) is 0 Å². The van der Waals surface area contributed by atoms with Gasteiger partial charge in [-0.15, -0.1) is 0 Å². The number of hydrogen-bond acceptors (Lipinski definition) is 3. The van der Waals surface area contributed by atoms with Crippen molar-refractivity contribution in [3.8, 4) is 0 Å². The standard InChI is InChI=1S/C14H18N2O2S/c1-14(2,3)16-19(17,18)13-6-4-5-10-9-11(15)7-8-12(10)13/h4-9,16H,15H2,1-3H3. The number of benzene rings is 2. The zero-order valence-electron chi connectivity index (χ0n) is 11.3. The Bertz CT molecular complexity index is 716. The number of rotatable bonds is 2. The Kier molecular flexibility index (Phi) is 3.28. The van der Waals surface area contributed by atoms with Crippen molar-refractivity contribution >= 4 is 26.5 Å². The monoisotopic (exact) mass is 278 g/mol. The van der Waals surface area contributed by atoms with Gasteiger partial charge in [-0.05, 0) is 44.4 Å². The molecule has 0 aromatic heterocycles. The van der Waals surface area contributed by atoms with Crippen LogP contribution in [0.3, 0.4) is 0 Å². The second-order valence-corrected chi connectivity index (χ2v) is 7.24. The molecule has 2 aromatic rings. The molecule has 2 aromatic carbocycles. The van der Waals surface area contributed by atoms with Gasteiger partial charge in [0.2, 0.25) is 10.0 Å². The molecule has 0 saturated carbocycles. The Morgan fingerprint density at radius 3 is 2.42 bits per heavy atom. The minimum atomic E-state index is -3.55. The maximum atomic E-state index is 12.4. The van der Waals surface area contributed by atoms with E-state index in [4.69, 9.17) is 5.73 Å². The molecule has 0 bridgehead atoms. The number of sulfonamides is 1. The first kappa shape index (κ1) is 13.8. The Hall–Kier alpha value is -1.59. The number of nitrogens with two attached hydrogens (primary N) is 1. The van der Waals surface area contributed by atoms with E-state index in [0.717, 1.165) is 5.39 Å². The fourth-order valence-corrected chi connectivity index (χ4v) is 3.61. The Morgan fingerprint density at radius 2 is 1.79 bits per heavy atom. The topological polar surface area (TPSA) is 72.2 Å². The second kappa shape index (κ2) is 4.51. The number of anilines is 1. The van der Waals surface area contributed by atoms with Gasteiger partial charge in [0.05, 0.1) is 4.90 Å². The highest BCUT2D eigenvalue weighted by molar-refractivity contribution is 7.89. The minimum absolute atomic E-state index is 0.278. The van der Waals surface area contributed by atoms with E-state index in [1.54, 1.807) is 30.3 Å². The molecule has 4 nitrogen and oxygen atoms in total. The van der Waals surface area contributed by atoms with Gasteiger partial charge in [-0.3, -0.25) is 0 Å². The molecule has 0 aliphatic rings. The van der Waals surface area contributed by atoms with Crippen molar-refractivity contribution in [2.75, 3.05) is 5.73 Å². The zero-order chi connectivity index (χ0) is 14.3. The fourth-order valence-electron chi connectivity index (χ4n) is 1.96. The number of nitrogens with one attached hydrogen (secondary N) is 1. The third-order valence-corrected chi connectivity index (χ3v) is 4.41. The first-order valence-electron chi connectivity index (χ1n) is 6.01. The van der Waals surface area contributed by atoms with E-state index < -0.39 is 15.6 Å². The van der Waals surface area contributed by atoms with Crippen LogP contribution in [0.4, 0.5) is 5.69 Å². The molecule has 0 spiro atoms. The van der Waals surface area contributed by atoms with Crippen molar-refractivity contribution in [1.29, 1.82) is 0 Å². The molecule has 0 aliphatic heterocycles. The second-order valence-electron chi connectivity index (χ2n) is 5.59. The summed E-state index contributed by atoms with van der Waals surface area (Å²) in [5.74, 6) is 0. The van der Waals surface area contributed by atoms with Crippen molar-refractivity contribution < 1.29 is 8.42 Å². The largest absolute Gasteiger partial charge is 0.399 e. The average Bonchev–Trinajstić information content (AvgIpc) is 2.24. The summed E-state index contributed by atoms with van der Waals surface area (Å²) < 4.78 is 27.5. The molecule has 19 heavy (non-hydrogen) atoms. The Labute approximate surface area is 113 Å². The lowest BCUT2D eigenvalue weighted by molar-refractivity contribution is 0.492. The molecule has 0 fully saturated rings. The highest BCUT2D eigenvalue weighted by Crippen LogP contribution is 2.25. The SMILES string of the molecule is CC(C)(C)NS(=O)(=O)c1cccc2cc(N)ccc12. The Morgan fingerprint density at radius 1 is 1.11 bits per heavy atom. The Balaban J connectivity index is 2.63. The molecule has 0 aliphatic carbocycles. The van der Waals surface area contributed by atoms with Gasteiger partial charge in [-0.25, -0.2) is 13.1 Å². The van der Waals surface area contributed by atoms with E-state index in [2.05, 4.69) is 4.72 Å². The van der Waals surface area contributed by atoms with Crippen LogP contribution in [0, 0.1) is 0 Å². The van der Waals surface area contributed by atoms with Gasteiger partial charge in [-0.1, -0.05) is 18.2 Å². The molecule has 0 saturated heterocycles. The van der Waals surface area contributed by atoms with Gasteiger partial charge >= 0.3 is 0 Å². The lowest BCUT2D eigenvalue weighted by Gasteiger charge is -2.21. The van der Waals surface area contributed by atoms with Crippen LogP contribution in [-0.4, -0.2) is 14.0 Å². The van der Waals surface area contributed by atoms with Crippen molar-refractivity contribution in [3.05, 3.63) is 36.4 Å². The molecule has 102 valence electrons. The van der Waals surface area contributed by atoms with Crippen LogP contribution in [0.1, 0.15) is 20.8 Å². The lowest BCUT2D eigenvalue weighted by Crippen LogP contribution is -2.40. The van der Waals surface area contributed by atoms with Crippen LogP contribution in [0.25, 0.3) is 10.8 Å². The van der Waals surface area contributed by atoms with Crippen LogP contribution in [-0.2, 0) is 10.0 Å². The molecule has 2 rings (SSSR count). The minimum Gasteiger partial charge on any atom is -0.399 e. The molecule has 0 unspecified atom stereocenters. The first-order valence-corrected chi connectivity index (χ1v) is 7.50. The maximum absolute atomic E-state index is 12.4. The van der Waals surface area contributed by atoms with Crippen LogP contribution >= 0.6 is 0 Å². The van der Waals surface area contributed by atoms with Crippen molar-refractivity contribution in [1.82, 2.24) is 4.72 Å². The molecular weight excluding hydrogens is 260 g/mol. The van der Waals surface area contributed by atoms with Gasteiger partial charge in [-0.2, -0.15) is 0 Å². The molecule has 0 radical (unpaired) electrons. The third kappa shape index (κ3) is 3.05. The molecule has 0 amide bonds. The lowest BCUT2D eigenvalue weighted by atomic mass is 10.1. The highest BCUT2D eigenvalue weighted by Gasteiger charge is 2.23. The third-order valence-electron chi connectivity index (χ3n) is 2.59. The van der Waals surface area contributed by atoms with Gasteiger partial charge < -0.3 is 5.73 Å². The number of nitrogen functional groups attached to an aromatic ring is 1.